The normalized spacial score (nSPS) is 16.5. The van der Waals surface area contributed by atoms with Crippen molar-refractivity contribution in [1.82, 2.24) is 0 Å². The van der Waals surface area contributed by atoms with Crippen molar-refractivity contribution in [3.8, 4) is 0 Å². The van der Waals surface area contributed by atoms with Gasteiger partial charge >= 0.3 is 12.4 Å². The molecule has 7 heteroatoms. The van der Waals surface area contributed by atoms with Crippen molar-refractivity contribution < 1.29 is 26.3 Å². The van der Waals surface area contributed by atoms with Gasteiger partial charge in [-0.05, 0) is 46.7 Å². The Kier molecular flexibility index (Phi) is 5.27. The molecule has 0 atom stereocenters. The second-order valence-electron chi connectivity index (χ2n) is 7.92. The lowest BCUT2D eigenvalue weighted by molar-refractivity contribution is -0.143. The second-order valence-corrected chi connectivity index (χ2v) is 10.8. The lowest BCUT2D eigenvalue weighted by atomic mass is 9.82. The molecule has 0 N–H and O–H groups in total. The van der Waals surface area contributed by atoms with Crippen LogP contribution in [-0.2, 0) is 12.4 Å². The molecule has 1 aromatic rings. The third-order valence-electron chi connectivity index (χ3n) is 4.42. The topological polar surface area (TPSA) is 0 Å². The fraction of sp³-hybridized carbons (Fsp3) is 0.474. The van der Waals surface area contributed by atoms with Crippen molar-refractivity contribution in [2.45, 2.75) is 52.6 Å². The average molecular weight is 392 g/mol. The highest BCUT2D eigenvalue weighted by Crippen LogP contribution is 2.46. The Hall–Kier alpha value is -1.50. The molecule has 1 aromatic carbocycles. The van der Waals surface area contributed by atoms with E-state index in [0.29, 0.717) is 12.0 Å². The number of halogens is 6. The second kappa shape index (κ2) is 6.58. The number of hydrogen-bond donors (Lipinski definition) is 0. The van der Waals surface area contributed by atoms with Crippen LogP contribution >= 0.6 is 0 Å². The summed E-state index contributed by atoms with van der Waals surface area (Å²) >= 11 is 0. The van der Waals surface area contributed by atoms with Gasteiger partial charge in [-0.25, -0.2) is 0 Å². The highest BCUT2D eigenvalue weighted by molar-refractivity contribution is 6.65. The molecule has 0 amide bonds. The van der Waals surface area contributed by atoms with Crippen LogP contribution in [0.25, 0.3) is 5.57 Å². The van der Waals surface area contributed by atoms with E-state index in [9.17, 15) is 26.3 Å². The monoisotopic (exact) mass is 392 g/mol. The first-order valence-electron chi connectivity index (χ1n) is 8.36. The molecule has 0 unspecified atom stereocenters. The van der Waals surface area contributed by atoms with Gasteiger partial charge in [-0.15, -0.1) is 0 Å². The van der Waals surface area contributed by atoms with E-state index < -0.39 is 32.3 Å². The number of hydrogen-bond acceptors (Lipinski definition) is 0. The molecular weight excluding hydrogens is 370 g/mol. The van der Waals surface area contributed by atoms with E-state index in [-0.39, 0.29) is 17.0 Å². The molecule has 0 spiro atoms. The Bertz CT molecular complexity index is 725. The minimum atomic E-state index is -4.83. The van der Waals surface area contributed by atoms with E-state index in [1.165, 1.54) is 0 Å². The predicted molar refractivity (Wildman–Crippen MR) is 94.4 cm³/mol. The molecule has 0 saturated heterocycles. The fourth-order valence-corrected chi connectivity index (χ4v) is 5.17. The first-order valence-corrected chi connectivity index (χ1v) is 11.2. The maximum absolute atomic E-state index is 13.2. The summed E-state index contributed by atoms with van der Waals surface area (Å²) in [7, 11) is -1.28. The highest BCUT2D eigenvalue weighted by atomic mass is 28.3. The van der Waals surface area contributed by atoms with Gasteiger partial charge in [0.05, 0.1) is 19.9 Å². The van der Waals surface area contributed by atoms with E-state index in [0.717, 1.165) is 22.9 Å². The molecule has 0 fully saturated rings. The summed E-state index contributed by atoms with van der Waals surface area (Å²) in [5, 5.41) is 1.12. The first-order chi connectivity index (χ1) is 11.6. The van der Waals surface area contributed by atoms with Gasteiger partial charge in [0.15, 0.2) is 0 Å². The Morgan fingerprint density at radius 1 is 0.808 bits per heavy atom. The summed E-state index contributed by atoms with van der Waals surface area (Å²) in [5.74, 6) is 0. The third kappa shape index (κ3) is 4.24. The van der Waals surface area contributed by atoms with Gasteiger partial charge in [0, 0.05) is 0 Å². The van der Waals surface area contributed by atoms with Gasteiger partial charge in [-0.1, -0.05) is 45.1 Å². The first kappa shape index (κ1) is 20.8. The molecule has 0 heterocycles. The molecule has 2 rings (SSSR count). The van der Waals surface area contributed by atoms with E-state index in [1.54, 1.807) is 0 Å². The van der Waals surface area contributed by atoms with E-state index in [2.05, 4.69) is 13.1 Å². The Morgan fingerprint density at radius 3 is 1.62 bits per heavy atom. The molecule has 0 saturated carbocycles. The average Bonchev–Trinajstić information content (AvgIpc) is 2.90. The van der Waals surface area contributed by atoms with Crippen molar-refractivity contribution in [3.63, 3.8) is 0 Å². The van der Waals surface area contributed by atoms with Crippen LogP contribution in [0.3, 0.4) is 0 Å². The number of allylic oxidation sites excluding steroid dienone is 4. The third-order valence-corrected chi connectivity index (χ3v) is 6.19. The summed E-state index contributed by atoms with van der Waals surface area (Å²) < 4.78 is 79.0. The number of rotatable bonds is 2. The summed E-state index contributed by atoms with van der Waals surface area (Å²) in [4.78, 5) is 0. The summed E-state index contributed by atoms with van der Waals surface area (Å²) in [5.41, 5.74) is -1.41. The number of benzene rings is 1. The van der Waals surface area contributed by atoms with E-state index in [1.807, 2.05) is 26.8 Å². The molecule has 1 aliphatic rings. The fourth-order valence-electron chi connectivity index (χ4n) is 3.39. The molecule has 0 aromatic heterocycles. The van der Waals surface area contributed by atoms with E-state index >= 15 is 0 Å². The van der Waals surface area contributed by atoms with E-state index in [4.69, 9.17) is 0 Å². The molecular formula is C19H22F6Si. The van der Waals surface area contributed by atoms with Crippen molar-refractivity contribution in [2.24, 2.45) is 5.41 Å². The predicted octanol–water partition coefficient (Wildman–Crippen LogP) is 6.88. The lowest BCUT2D eigenvalue weighted by Gasteiger charge is -2.28. The summed E-state index contributed by atoms with van der Waals surface area (Å²) in [6.07, 6.45) is -7.33. The minimum absolute atomic E-state index is 0.0120. The Balaban J connectivity index is 2.76. The van der Waals surface area contributed by atoms with Crippen LogP contribution in [0.5, 0.6) is 0 Å². The maximum atomic E-state index is 13.2. The SMILES string of the molecule is C[SiH](C)C1=CCC(c2cc(C(F)(F)F)cc(C(F)(F)F)c2)=C1C(C)(C)C. The number of alkyl halides is 6. The maximum Gasteiger partial charge on any atom is 0.416 e. The highest BCUT2D eigenvalue weighted by Gasteiger charge is 2.38. The van der Waals surface area contributed by atoms with Crippen LogP contribution in [0.1, 0.15) is 43.9 Å². The van der Waals surface area contributed by atoms with Crippen molar-refractivity contribution in [3.05, 3.63) is 51.7 Å². The van der Waals surface area contributed by atoms with Gasteiger partial charge in [0.2, 0.25) is 0 Å². The molecule has 0 nitrogen and oxygen atoms in total. The van der Waals surface area contributed by atoms with Crippen LogP contribution in [0.4, 0.5) is 26.3 Å². The molecule has 26 heavy (non-hydrogen) atoms. The van der Waals surface area contributed by atoms with Crippen LogP contribution in [0.2, 0.25) is 13.1 Å². The van der Waals surface area contributed by atoms with Crippen LogP contribution in [0.15, 0.2) is 35.0 Å². The summed E-state index contributed by atoms with van der Waals surface area (Å²) in [6, 6.07) is 1.87. The van der Waals surface area contributed by atoms with Gasteiger partial charge in [0.25, 0.3) is 0 Å². The lowest BCUT2D eigenvalue weighted by Crippen LogP contribution is -2.18. The summed E-state index contributed by atoms with van der Waals surface area (Å²) in [6.45, 7) is 10.0. The quantitative estimate of drug-likeness (QED) is 0.380. The minimum Gasteiger partial charge on any atom is -0.166 e. The zero-order chi connectivity index (χ0) is 20.1. The van der Waals surface area contributed by atoms with Gasteiger partial charge in [-0.3, -0.25) is 0 Å². The van der Waals surface area contributed by atoms with Crippen LogP contribution < -0.4 is 0 Å². The van der Waals surface area contributed by atoms with Crippen molar-refractivity contribution >= 4 is 14.4 Å². The smallest absolute Gasteiger partial charge is 0.166 e. The molecule has 144 valence electrons. The molecule has 0 aliphatic heterocycles. The Morgan fingerprint density at radius 2 is 1.27 bits per heavy atom. The van der Waals surface area contributed by atoms with Gasteiger partial charge < -0.3 is 0 Å². The zero-order valence-electron chi connectivity index (χ0n) is 15.4. The zero-order valence-corrected chi connectivity index (χ0v) is 16.5. The Labute approximate surface area is 151 Å². The standard InChI is InChI=1S/C19H22F6Si/c1-17(2,3)16-14(6-7-15(16)26(4)5)11-8-12(18(20,21)22)10-13(9-11)19(23,24)25/h7-10,26H,6H2,1-5H3. The van der Waals surface area contributed by atoms with Crippen LogP contribution in [0, 0.1) is 5.41 Å². The van der Waals surface area contributed by atoms with Crippen molar-refractivity contribution in [2.75, 3.05) is 0 Å². The largest absolute Gasteiger partial charge is 0.416 e. The van der Waals surface area contributed by atoms with Crippen molar-refractivity contribution in [1.29, 1.82) is 0 Å². The molecule has 0 radical (unpaired) electrons. The van der Waals surface area contributed by atoms with Gasteiger partial charge in [0.1, 0.15) is 0 Å². The molecule has 1 aliphatic carbocycles. The van der Waals surface area contributed by atoms with Crippen LogP contribution in [-0.4, -0.2) is 8.80 Å². The van der Waals surface area contributed by atoms with Gasteiger partial charge in [-0.2, -0.15) is 26.3 Å². The molecule has 0 bridgehead atoms.